The highest BCUT2D eigenvalue weighted by atomic mass is 16.4. The molecule has 0 aliphatic carbocycles. The monoisotopic (exact) mass is 443 g/mol. The molecule has 0 bridgehead atoms. The normalized spacial score (nSPS) is 11.5. The van der Waals surface area contributed by atoms with E-state index in [4.69, 9.17) is 0 Å². The summed E-state index contributed by atoms with van der Waals surface area (Å²) in [6.07, 6.45) is -0.0234. The van der Waals surface area contributed by atoms with E-state index in [-0.39, 0.29) is 6.42 Å². The maximum absolute atomic E-state index is 12.8. The summed E-state index contributed by atoms with van der Waals surface area (Å²) >= 11 is 0. The van der Waals surface area contributed by atoms with Gasteiger partial charge in [-0.15, -0.1) is 0 Å². The lowest BCUT2D eigenvalue weighted by Crippen LogP contribution is -2.48. The number of carbonyl (C=O) groups excluding carboxylic acids is 1. The minimum atomic E-state index is -1.36. The van der Waals surface area contributed by atoms with Crippen LogP contribution in [0.3, 0.4) is 0 Å². The molecule has 3 rings (SSSR count). The molecule has 0 aliphatic rings. The predicted octanol–water partition coefficient (Wildman–Crippen LogP) is 3.92. The first-order chi connectivity index (χ1) is 15.7. The number of carboxylic acids is 2. The zero-order valence-corrected chi connectivity index (χ0v) is 18.5. The van der Waals surface area contributed by atoms with Gasteiger partial charge in [-0.2, -0.15) is 0 Å². The minimum absolute atomic E-state index is 0.0234. The van der Waals surface area contributed by atoms with Crippen molar-refractivity contribution in [1.82, 2.24) is 4.90 Å². The number of carbonyl (C=O) groups is 3. The van der Waals surface area contributed by atoms with Crippen molar-refractivity contribution < 1.29 is 24.6 Å². The van der Waals surface area contributed by atoms with Crippen molar-refractivity contribution in [2.75, 3.05) is 6.54 Å². The van der Waals surface area contributed by atoms with Gasteiger partial charge in [-0.1, -0.05) is 74.4 Å². The van der Waals surface area contributed by atoms with E-state index in [0.29, 0.717) is 17.0 Å². The van der Waals surface area contributed by atoms with E-state index >= 15 is 0 Å². The van der Waals surface area contributed by atoms with E-state index in [1.807, 2.05) is 48.5 Å². The van der Waals surface area contributed by atoms with Gasteiger partial charge in [-0.25, -0.2) is 4.79 Å². The zero-order valence-electron chi connectivity index (χ0n) is 18.5. The molecule has 0 aromatic heterocycles. The Kier molecular flexibility index (Phi) is 7.47. The number of nitrogens with zero attached hydrogens (tertiary/aromatic N) is 1. The Morgan fingerprint density at radius 2 is 1.58 bits per heavy atom. The third kappa shape index (κ3) is 6.20. The number of aliphatic carboxylic acids is 2. The molecule has 0 fully saturated rings. The van der Waals surface area contributed by atoms with Gasteiger partial charge >= 0.3 is 11.9 Å². The zero-order chi connectivity index (χ0) is 24.0. The van der Waals surface area contributed by atoms with Crippen molar-refractivity contribution in [2.24, 2.45) is 0 Å². The minimum Gasteiger partial charge on any atom is -0.480 e. The average Bonchev–Trinajstić information content (AvgIpc) is 2.79. The van der Waals surface area contributed by atoms with Crippen molar-refractivity contribution in [1.29, 1.82) is 0 Å². The summed E-state index contributed by atoms with van der Waals surface area (Å²) in [7, 11) is 0. The molecule has 0 saturated carbocycles. The van der Waals surface area contributed by atoms with Crippen molar-refractivity contribution in [3.8, 4) is 11.8 Å². The smallest absolute Gasteiger partial charge is 0.326 e. The Labute approximate surface area is 192 Å². The summed E-state index contributed by atoms with van der Waals surface area (Å²) in [5.74, 6) is 2.04. The Morgan fingerprint density at radius 1 is 0.909 bits per heavy atom. The van der Waals surface area contributed by atoms with Crippen LogP contribution in [0.5, 0.6) is 0 Å². The molecule has 6 heteroatoms. The fourth-order valence-corrected chi connectivity index (χ4v) is 3.53. The van der Waals surface area contributed by atoms with Crippen LogP contribution >= 0.6 is 0 Å². The highest BCUT2D eigenvalue weighted by Gasteiger charge is 2.31. The predicted molar refractivity (Wildman–Crippen MR) is 126 cm³/mol. The Balaban J connectivity index is 1.86. The van der Waals surface area contributed by atoms with Crippen molar-refractivity contribution in [3.05, 3.63) is 83.4 Å². The maximum Gasteiger partial charge on any atom is 0.326 e. The van der Waals surface area contributed by atoms with Crippen LogP contribution < -0.4 is 0 Å². The van der Waals surface area contributed by atoms with Crippen LogP contribution in [-0.4, -0.2) is 45.5 Å². The standard InChI is InChI=1S/C27H25NO5/c1-18(2)21-11-7-20(8-12-21)16-24(27(32)33)28(17-26(30)31)25(29)14-10-19-9-13-22-5-3-4-6-23(22)15-19/h3-9,11-13,15,18,24H,16-17H2,1-2H3,(H,30,31)(H,32,33). The molecule has 3 aromatic carbocycles. The fourth-order valence-electron chi connectivity index (χ4n) is 3.53. The van der Waals surface area contributed by atoms with Gasteiger partial charge in [0, 0.05) is 17.9 Å². The largest absolute Gasteiger partial charge is 0.480 e. The second-order valence-corrected chi connectivity index (χ2v) is 8.09. The van der Waals surface area contributed by atoms with Crippen LogP contribution in [0.2, 0.25) is 0 Å². The number of rotatable bonds is 7. The first kappa shape index (κ1) is 23.6. The van der Waals surface area contributed by atoms with Gasteiger partial charge < -0.3 is 15.1 Å². The highest BCUT2D eigenvalue weighted by Crippen LogP contribution is 2.18. The number of fused-ring (bicyclic) bond motifs is 1. The lowest BCUT2D eigenvalue weighted by Gasteiger charge is -2.25. The van der Waals surface area contributed by atoms with Gasteiger partial charge in [0.15, 0.2) is 0 Å². The van der Waals surface area contributed by atoms with Gasteiger partial charge in [0.1, 0.15) is 12.6 Å². The number of hydrogen-bond donors (Lipinski definition) is 2. The topological polar surface area (TPSA) is 94.9 Å². The van der Waals surface area contributed by atoms with Gasteiger partial charge in [-0.05, 0) is 39.9 Å². The van der Waals surface area contributed by atoms with Crippen LogP contribution in [-0.2, 0) is 20.8 Å². The lowest BCUT2D eigenvalue weighted by atomic mass is 9.98. The molecule has 6 nitrogen and oxygen atoms in total. The molecule has 0 radical (unpaired) electrons. The molecule has 0 heterocycles. The molecule has 33 heavy (non-hydrogen) atoms. The Bertz CT molecular complexity index is 1230. The molecule has 0 spiro atoms. The summed E-state index contributed by atoms with van der Waals surface area (Å²) in [5, 5.41) is 21.0. The molecule has 1 unspecified atom stereocenters. The van der Waals surface area contributed by atoms with E-state index in [1.54, 1.807) is 18.2 Å². The van der Waals surface area contributed by atoms with E-state index in [9.17, 15) is 24.6 Å². The molecule has 168 valence electrons. The molecule has 0 saturated heterocycles. The summed E-state index contributed by atoms with van der Waals surface area (Å²) < 4.78 is 0. The Hall–Kier alpha value is -4.11. The van der Waals surface area contributed by atoms with E-state index in [0.717, 1.165) is 21.2 Å². The molecule has 2 N–H and O–H groups in total. The number of carboxylic acid groups (broad SMARTS) is 2. The molecular weight excluding hydrogens is 418 g/mol. The van der Waals surface area contributed by atoms with Gasteiger partial charge in [0.05, 0.1) is 0 Å². The van der Waals surface area contributed by atoms with Crippen LogP contribution in [0.4, 0.5) is 0 Å². The highest BCUT2D eigenvalue weighted by molar-refractivity contribution is 5.98. The SMILES string of the molecule is CC(C)c1ccc(CC(C(=O)O)N(CC(=O)O)C(=O)C#Cc2ccc3ccccc3c2)cc1. The molecule has 1 amide bonds. The van der Waals surface area contributed by atoms with Gasteiger partial charge in [0.2, 0.25) is 0 Å². The maximum atomic E-state index is 12.8. The second-order valence-electron chi connectivity index (χ2n) is 8.09. The first-order valence-corrected chi connectivity index (χ1v) is 10.6. The van der Waals surface area contributed by atoms with E-state index in [2.05, 4.69) is 25.7 Å². The van der Waals surface area contributed by atoms with Crippen LogP contribution in [0.1, 0.15) is 36.5 Å². The lowest BCUT2D eigenvalue weighted by molar-refractivity contribution is -0.152. The van der Waals surface area contributed by atoms with E-state index < -0.39 is 30.4 Å². The van der Waals surface area contributed by atoms with Gasteiger partial charge in [-0.3, -0.25) is 9.59 Å². The molecule has 0 aliphatic heterocycles. The quantitative estimate of drug-likeness (QED) is 0.540. The number of benzene rings is 3. The number of amides is 1. The molecule has 3 aromatic rings. The first-order valence-electron chi connectivity index (χ1n) is 10.6. The van der Waals surface area contributed by atoms with E-state index in [1.165, 1.54) is 0 Å². The third-order valence-electron chi connectivity index (χ3n) is 5.37. The third-order valence-corrected chi connectivity index (χ3v) is 5.37. The van der Waals surface area contributed by atoms with Crippen LogP contribution in [0, 0.1) is 11.8 Å². The van der Waals surface area contributed by atoms with Gasteiger partial charge in [0.25, 0.3) is 5.91 Å². The average molecular weight is 443 g/mol. The van der Waals surface area contributed by atoms with Crippen LogP contribution in [0.25, 0.3) is 10.8 Å². The second kappa shape index (κ2) is 10.5. The van der Waals surface area contributed by atoms with Crippen molar-refractivity contribution in [2.45, 2.75) is 32.2 Å². The van der Waals surface area contributed by atoms with Crippen molar-refractivity contribution in [3.63, 3.8) is 0 Å². The molecular formula is C27H25NO5. The summed E-state index contributed by atoms with van der Waals surface area (Å²) in [4.78, 5) is 37.0. The summed E-state index contributed by atoms with van der Waals surface area (Å²) in [6, 6.07) is 19.2. The number of hydrogen-bond acceptors (Lipinski definition) is 3. The summed E-state index contributed by atoms with van der Waals surface area (Å²) in [5.41, 5.74) is 2.37. The van der Waals surface area contributed by atoms with Crippen molar-refractivity contribution >= 4 is 28.6 Å². The van der Waals surface area contributed by atoms with Crippen LogP contribution in [0.15, 0.2) is 66.7 Å². The fraction of sp³-hybridized carbons (Fsp3) is 0.222. The summed E-state index contributed by atoms with van der Waals surface area (Å²) in [6.45, 7) is 3.35. The molecule has 1 atom stereocenters. The Morgan fingerprint density at radius 3 is 2.18 bits per heavy atom.